The summed E-state index contributed by atoms with van der Waals surface area (Å²) < 4.78 is 18.9. The molecule has 2 atom stereocenters. The Labute approximate surface area is 261 Å². The van der Waals surface area contributed by atoms with E-state index in [9.17, 15) is 19.0 Å². The van der Waals surface area contributed by atoms with Gasteiger partial charge in [-0.2, -0.15) is 13.6 Å². The van der Waals surface area contributed by atoms with Crippen LogP contribution >= 0.6 is 8.60 Å². The summed E-state index contributed by atoms with van der Waals surface area (Å²) in [7, 11) is -2.87. The molecule has 2 saturated carbocycles. The van der Waals surface area contributed by atoms with Crippen LogP contribution < -0.4 is 84.4 Å². The van der Waals surface area contributed by atoms with Gasteiger partial charge in [0.1, 0.15) is 17.2 Å². The van der Waals surface area contributed by atoms with E-state index in [4.69, 9.17) is 4.52 Å². The molecule has 37 heavy (non-hydrogen) atoms. The molecule has 9 nitrogen and oxygen atoms in total. The van der Waals surface area contributed by atoms with Gasteiger partial charge in [0.25, 0.3) is 5.91 Å². The number of halogens is 1. The summed E-state index contributed by atoms with van der Waals surface area (Å²) in [5.74, 6) is 1.87. The van der Waals surface area contributed by atoms with E-state index in [0.29, 0.717) is 67.0 Å². The third kappa shape index (κ3) is 8.07. The number of benzene rings is 1. The van der Waals surface area contributed by atoms with Gasteiger partial charge in [-0.05, 0) is 68.1 Å². The zero-order valence-electron chi connectivity index (χ0n) is 21.6. The molecule has 3 fully saturated rings. The molecule has 188 valence electrons. The second-order valence-corrected chi connectivity index (χ2v) is 10.5. The number of piperidine rings is 1. The standard InChI is InChI=1S/C24H29FN5O4P.2Na/c1-14-2-3-15(8-21(14)25)10-26-22-20(11-27-24(29-22)30-12-16-9-17(16)13-30)23(31)28-18-4-6-19(7-5-18)34-35(32)33;;/h2-3,8,11,16-19H,4-7,9-10,12-13H2,1H3,(H,28,31)(H,26,27,29);;/q-2;2*+1. The average molecular weight is 547 g/mol. The largest absolute Gasteiger partial charge is 1.00 e. The maximum atomic E-state index is 14.0. The molecule has 2 N–H and O–H groups in total. The second kappa shape index (κ2) is 13.8. The first-order valence-corrected chi connectivity index (χ1v) is 13.2. The fourth-order valence-corrected chi connectivity index (χ4v) is 5.47. The molecule has 5 rings (SSSR count). The van der Waals surface area contributed by atoms with Gasteiger partial charge < -0.3 is 29.8 Å². The van der Waals surface area contributed by atoms with Gasteiger partial charge in [0.05, 0.1) is 6.10 Å². The summed E-state index contributed by atoms with van der Waals surface area (Å²) in [5, 5.41) is 6.25. The predicted octanol–water partition coefficient (Wildman–Crippen LogP) is -3.99. The summed E-state index contributed by atoms with van der Waals surface area (Å²) >= 11 is 0. The van der Waals surface area contributed by atoms with Gasteiger partial charge in [0.15, 0.2) is 0 Å². The topological polar surface area (TPSA) is 126 Å². The molecule has 0 spiro atoms. The number of carbonyl (C=O) groups excluding carboxylic acids is 1. The Bertz CT molecular complexity index is 1080. The van der Waals surface area contributed by atoms with Crippen molar-refractivity contribution in [3.63, 3.8) is 0 Å². The molecule has 1 aromatic heterocycles. The average Bonchev–Trinajstić information content (AvgIpc) is 3.45. The molecule has 1 amide bonds. The second-order valence-electron chi connectivity index (χ2n) is 9.81. The molecule has 2 aliphatic carbocycles. The molecule has 2 aromatic rings. The number of nitrogens with zero attached hydrogens (tertiary/aromatic N) is 3. The van der Waals surface area contributed by atoms with Crippen LogP contribution in [0.5, 0.6) is 0 Å². The third-order valence-electron chi connectivity index (χ3n) is 7.22. The number of aryl methyl sites for hydroxylation is 1. The van der Waals surface area contributed by atoms with E-state index >= 15 is 0 Å². The van der Waals surface area contributed by atoms with E-state index in [1.165, 1.54) is 12.5 Å². The molecule has 2 heterocycles. The van der Waals surface area contributed by atoms with Crippen LogP contribution in [0, 0.1) is 24.6 Å². The first kappa shape index (κ1) is 31.1. The zero-order chi connectivity index (χ0) is 24.5. The number of aromatic nitrogens is 2. The van der Waals surface area contributed by atoms with Crippen molar-refractivity contribution in [2.75, 3.05) is 23.3 Å². The molecule has 1 aromatic carbocycles. The minimum Gasteiger partial charge on any atom is -0.820 e. The normalized spacial score (nSPS) is 24.1. The van der Waals surface area contributed by atoms with Crippen molar-refractivity contribution in [1.29, 1.82) is 0 Å². The quantitative estimate of drug-likeness (QED) is 0.253. The number of hydrogen-bond acceptors (Lipinski definition) is 8. The van der Waals surface area contributed by atoms with Gasteiger partial charge >= 0.3 is 59.1 Å². The molecule has 2 unspecified atom stereocenters. The molecule has 3 aliphatic rings. The van der Waals surface area contributed by atoms with Gasteiger partial charge in [0, 0.05) is 31.9 Å². The Balaban J connectivity index is 0.00000190. The monoisotopic (exact) mass is 547 g/mol. The number of carbonyl (C=O) groups is 1. The smallest absolute Gasteiger partial charge is 0.820 e. The van der Waals surface area contributed by atoms with E-state index in [2.05, 4.69) is 25.5 Å². The maximum Gasteiger partial charge on any atom is 1.00 e. The van der Waals surface area contributed by atoms with Gasteiger partial charge in [-0.3, -0.25) is 4.79 Å². The number of amides is 1. The maximum absolute atomic E-state index is 14.0. The van der Waals surface area contributed by atoms with Gasteiger partial charge in [0.2, 0.25) is 5.95 Å². The summed E-state index contributed by atoms with van der Waals surface area (Å²) in [4.78, 5) is 46.1. The van der Waals surface area contributed by atoms with Crippen LogP contribution in [0.3, 0.4) is 0 Å². The van der Waals surface area contributed by atoms with Gasteiger partial charge in [-0.25, -0.2) is 9.37 Å². The Morgan fingerprint density at radius 3 is 2.54 bits per heavy atom. The van der Waals surface area contributed by atoms with Crippen molar-refractivity contribution in [2.45, 2.75) is 57.7 Å². The van der Waals surface area contributed by atoms with Crippen LogP contribution in [-0.2, 0) is 11.1 Å². The van der Waals surface area contributed by atoms with E-state index in [1.807, 2.05) is 6.07 Å². The van der Waals surface area contributed by atoms with Crippen LogP contribution in [0.1, 0.15) is 53.6 Å². The first-order valence-electron chi connectivity index (χ1n) is 12.1. The third-order valence-corrected chi connectivity index (χ3v) is 7.69. The summed E-state index contributed by atoms with van der Waals surface area (Å²) in [5.41, 5.74) is 1.65. The van der Waals surface area contributed by atoms with E-state index in [-0.39, 0.29) is 83.0 Å². The van der Waals surface area contributed by atoms with E-state index in [0.717, 1.165) is 18.7 Å². The number of nitrogens with one attached hydrogen (secondary N) is 2. The van der Waals surface area contributed by atoms with E-state index in [1.54, 1.807) is 19.2 Å². The minimum absolute atomic E-state index is 0. The number of fused-ring (bicyclic) bond motifs is 1. The Hall–Kier alpha value is -0.390. The fourth-order valence-electron chi connectivity index (χ4n) is 5.02. The predicted molar refractivity (Wildman–Crippen MR) is 126 cm³/mol. The van der Waals surface area contributed by atoms with Gasteiger partial charge in [-0.15, -0.1) is 0 Å². The Kier molecular flexibility index (Phi) is 11.6. The minimum atomic E-state index is -2.87. The number of anilines is 2. The van der Waals surface area contributed by atoms with Crippen molar-refractivity contribution in [1.82, 2.24) is 15.3 Å². The number of rotatable bonds is 8. The van der Waals surface area contributed by atoms with Gasteiger partial charge in [-0.1, -0.05) is 12.1 Å². The van der Waals surface area contributed by atoms with Crippen LogP contribution in [0.15, 0.2) is 24.4 Å². The molecular weight excluding hydrogens is 518 g/mol. The van der Waals surface area contributed by atoms with Crippen LogP contribution in [0.2, 0.25) is 0 Å². The fraction of sp³-hybridized carbons (Fsp3) is 0.542. The Morgan fingerprint density at radius 2 is 1.89 bits per heavy atom. The summed E-state index contributed by atoms with van der Waals surface area (Å²) in [6.07, 6.45) is 4.86. The SMILES string of the molecule is Cc1ccc(CNc2nc(N3CC4CC4C3)ncc2C(=O)NC2CCC(OP([O-])[O-])CC2)cc1F.[Na+].[Na+]. The van der Waals surface area contributed by atoms with Crippen molar-refractivity contribution < 1.29 is 82.6 Å². The van der Waals surface area contributed by atoms with Crippen LogP contribution in [0.4, 0.5) is 16.2 Å². The summed E-state index contributed by atoms with van der Waals surface area (Å²) in [6.45, 7) is 3.89. The zero-order valence-corrected chi connectivity index (χ0v) is 26.5. The molecular formula is C24H29FN5Na2O4P. The number of hydrogen-bond donors (Lipinski definition) is 2. The van der Waals surface area contributed by atoms with Crippen molar-refractivity contribution in [2.24, 2.45) is 11.8 Å². The molecule has 1 saturated heterocycles. The molecule has 0 radical (unpaired) electrons. The summed E-state index contributed by atoms with van der Waals surface area (Å²) in [6, 6.07) is 4.97. The van der Waals surface area contributed by atoms with Crippen molar-refractivity contribution in [3.8, 4) is 0 Å². The van der Waals surface area contributed by atoms with Crippen molar-refractivity contribution in [3.05, 3.63) is 46.9 Å². The molecule has 13 heteroatoms. The molecule has 0 bridgehead atoms. The van der Waals surface area contributed by atoms with Crippen molar-refractivity contribution >= 4 is 26.3 Å². The first-order chi connectivity index (χ1) is 16.9. The molecule has 1 aliphatic heterocycles. The van der Waals surface area contributed by atoms with E-state index < -0.39 is 8.60 Å². The van der Waals surface area contributed by atoms with Crippen LogP contribution in [0.25, 0.3) is 0 Å². The van der Waals surface area contributed by atoms with Crippen LogP contribution in [-0.4, -0.2) is 41.1 Å². The Morgan fingerprint density at radius 1 is 1.19 bits per heavy atom.